The van der Waals surface area contributed by atoms with Crippen LogP contribution in [0.25, 0.3) is 0 Å². The standard InChI is InChI=1S/C34H43FN4O6/c1-21(2)30-20-37(32(41)25-15-26(35)18-27(16-25)36-22(3)40)13-14-39(30)33(42)24-9-10-31(29(17-24)23-7-5-4-6-8-23)45-28-11-12-38(19-28)34(43)44/h9-10,15-18,21,23,28,30H,4-8,11-14,19-20H2,1-3H3,(H,36,40)(H,43,44)/t28-,30+/m0/s1. The van der Waals surface area contributed by atoms with Crippen molar-refractivity contribution >= 4 is 29.5 Å². The number of nitrogens with one attached hydrogen (secondary N) is 1. The van der Waals surface area contributed by atoms with Gasteiger partial charge in [-0.2, -0.15) is 0 Å². The molecule has 0 spiro atoms. The van der Waals surface area contributed by atoms with Crippen LogP contribution >= 0.6 is 0 Å². The van der Waals surface area contributed by atoms with E-state index in [1.165, 1.54) is 30.4 Å². The number of hydrogen-bond donors (Lipinski definition) is 2. The van der Waals surface area contributed by atoms with Crippen molar-refractivity contribution < 1.29 is 33.4 Å². The predicted molar refractivity (Wildman–Crippen MR) is 167 cm³/mol. The summed E-state index contributed by atoms with van der Waals surface area (Å²) < 4.78 is 20.7. The summed E-state index contributed by atoms with van der Waals surface area (Å²) in [6, 6.07) is 9.16. The largest absolute Gasteiger partial charge is 0.488 e. The minimum absolute atomic E-state index is 0.0481. The molecule has 2 aromatic carbocycles. The molecule has 0 radical (unpaired) electrons. The molecule has 5 rings (SSSR count). The van der Waals surface area contributed by atoms with Crippen molar-refractivity contribution in [2.24, 2.45) is 5.92 Å². The lowest BCUT2D eigenvalue weighted by Gasteiger charge is -2.43. The van der Waals surface area contributed by atoms with Gasteiger partial charge in [-0.3, -0.25) is 14.4 Å². The number of carbonyl (C=O) groups is 4. The van der Waals surface area contributed by atoms with E-state index in [9.17, 15) is 28.7 Å². The first-order valence-electron chi connectivity index (χ1n) is 16.0. The second kappa shape index (κ2) is 13.9. The summed E-state index contributed by atoms with van der Waals surface area (Å²) >= 11 is 0. The van der Waals surface area contributed by atoms with E-state index in [-0.39, 0.29) is 59.5 Å². The van der Waals surface area contributed by atoms with Crippen LogP contribution in [0.3, 0.4) is 0 Å². The molecule has 2 saturated heterocycles. The summed E-state index contributed by atoms with van der Waals surface area (Å²) in [6.45, 7) is 7.03. The van der Waals surface area contributed by atoms with Crippen LogP contribution in [0.2, 0.25) is 0 Å². The Bertz CT molecular complexity index is 1440. The number of halogens is 1. The third-order valence-corrected chi connectivity index (χ3v) is 9.21. The Morgan fingerprint density at radius 3 is 2.31 bits per heavy atom. The van der Waals surface area contributed by atoms with Crippen LogP contribution in [0.5, 0.6) is 5.75 Å². The molecule has 0 aromatic heterocycles. The number of nitrogens with zero attached hydrogens (tertiary/aromatic N) is 3. The van der Waals surface area contributed by atoms with Crippen LogP contribution in [-0.2, 0) is 4.79 Å². The summed E-state index contributed by atoms with van der Waals surface area (Å²) in [5.74, 6) is -0.406. The number of amides is 4. The van der Waals surface area contributed by atoms with Gasteiger partial charge in [0.05, 0.1) is 12.6 Å². The molecular formula is C34H43FN4O6. The van der Waals surface area contributed by atoms with E-state index in [0.717, 1.165) is 43.1 Å². The Labute approximate surface area is 263 Å². The van der Waals surface area contributed by atoms with Gasteiger partial charge in [0, 0.05) is 56.3 Å². The maximum Gasteiger partial charge on any atom is 0.407 e. The molecule has 2 heterocycles. The fraction of sp³-hybridized carbons (Fsp3) is 0.529. The number of piperazine rings is 1. The van der Waals surface area contributed by atoms with Crippen molar-refractivity contribution in [3.63, 3.8) is 0 Å². The topological polar surface area (TPSA) is 119 Å². The first kappa shape index (κ1) is 32.2. The Kier molecular flexibility index (Phi) is 9.94. The normalized spacial score (nSPS) is 20.8. The molecule has 2 atom stereocenters. The highest BCUT2D eigenvalue weighted by atomic mass is 19.1. The molecule has 2 aromatic rings. The molecule has 2 aliphatic heterocycles. The number of carbonyl (C=O) groups excluding carboxylic acids is 3. The summed E-state index contributed by atoms with van der Waals surface area (Å²) in [5, 5.41) is 11.9. The van der Waals surface area contributed by atoms with Gasteiger partial charge < -0.3 is 29.9 Å². The van der Waals surface area contributed by atoms with Crippen LogP contribution < -0.4 is 10.1 Å². The number of carboxylic acid groups (broad SMARTS) is 1. The van der Waals surface area contributed by atoms with Gasteiger partial charge in [-0.1, -0.05) is 33.1 Å². The minimum atomic E-state index is -0.943. The highest BCUT2D eigenvalue weighted by molar-refractivity contribution is 5.98. The molecule has 0 bridgehead atoms. The smallest absolute Gasteiger partial charge is 0.407 e. The molecule has 1 aliphatic carbocycles. The highest BCUT2D eigenvalue weighted by Gasteiger charge is 2.36. The first-order chi connectivity index (χ1) is 21.5. The molecule has 1 saturated carbocycles. The molecule has 2 N–H and O–H groups in total. The van der Waals surface area contributed by atoms with Gasteiger partial charge in [-0.05, 0) is 66.6 Å². The zero-order valence-electron chi connectivity index (χ0n) is 26.3. The van der Waals surface area contributed by atoms with Crippen LogP contribution in [0.1, 0.15) is 91.5 Å². The first-order valence-corrected chi connectivity index (χ1v) is 16.0. The summed E-state index contributed by atoms with van der Waals surface area (Å²) in [4.78, 5) is 55.3. The van der Waals surface area contributed by atoms with Gasteiger partial charge in [-0.15, -0.1) is 0 Å². The number of likely N-dealkylation sites (tertiary alicyclic amines) is 1. The number of anilines is 1. The van der Waals surface area contributed by atoms with Gasteiger partial charge in [0.25, 0.3) is 11.8 Å². The van der Waals surface area contributed by atoms with Gasteiger partial charge in [0.2, 0.25) is 5.91 Å². The monoisotopic (exact) mass is 622 g/mol. The number of benzene rings is 2. The second-order valence-corrected chi connectivity index (χ2v) is 12.8. The Hall–Kier alpha value is -4.15. The van der Waals surface area contributed by atoms with Crippen molar-refractivity contribution in [2.45, 2.75) is 77.4 Å². The van der Waals surface area contributed by atoms with E-state index in [2.05, 4.69) is 5.32 Å². The Morgan fingerprint density at radius 1 is 0.889 bits per heavy atom. The second-order valence-electron chi connectivity index (χ2n) is 12.8. The van der Waals surface area contributed by atoms with E-state index >= 15 is 0 Å². The lowest BCUT2D eigenvalue weighted by molar-refractivity contribution is -0.114. The quantitative estimate of drug-likeness (QED) is 0.416. The fourth-order valence-corrected chi connectivity index (χ4v) is 6.85. The van der Waals surface area contributed by atoms with Gasteiger partial charge >= 0.3 is 6.09 Å². The SMILES string of the molecule is CC(=O)Nc1cc(F)cc(C(=O)N2CCN(C(=O)c3ccc(O[C@H]4CCN(C(=O)O)C4)c(C4CCCCC4)c3)[C@@H](C(C)C)C2)c1. The summed E-state index contributed by atoms with van der Waals surface area (Å²) in [5.41, 5.74) is 1.93. The average molecular weight is 623 g/mol. The maximum atomic E-state index is 14.3. The fourth-order valence-electron chi connectivity index (χ4n) is 6.85. The lowest BCUT2D eigenvalue weighted by Crippen LogP contribution is -2.58. The zero-order valence-corrected chi connectivity index (χ0v) is 26.3. The van der Waals surface area contributed by atoms with Crippen LogP contribution in [-0.4, -0.2) is 88.5 Å². The molecule has 0 unspecified atom stereocenters. The number of ether oxygens (including phenoxy) is 1. The third kappa shape index (κ3) is 7.57. The van der Waals surface area contributed by atoms with Gasteiger partial charge in [0.1, 0.15) is 17.7 Å². The molecule has 242 valence electrons. The summed E-state index contributed by atoms with van der Waals surface area (Å²) in [6.07, 6.45) is 4.89. The molecule has 3 aliphatic rings. The molecular weight excluding hydrogens is 579 g/mol. The molecule has 3 fully saturated rings. The van der Waals surface area contributed by atoms with Crippen LogP contribution in [0, 0.1) is 11.7 Å². The zero-order chi connectivity index (χ0) is 32.2. The summed E-state index contributed by atoms with van der Waals surface area (Å²) in [7, 11) is 0. The van der Waals surface area contributed by atoms with Crippen molar-refractivity contribution in [1.29, 1.82) is 0 Å². The van der Waals surface area contributed by atoms with Crippen molar-refractivity contribution in [3.05, 3.63) is 58.9 Å². The van der Waals surface area contributed by atoms with Crippen molar-refractivity contribution in [1.82, 2.24) is 14.7 Å². The Balaban J connectivity index is 1.35. The highest BCUT2D eigenvalue weighted by Crippen LogP contribution is 2.39. The predicted octanol–water partition coefficient (Wildman–Crippen LogP) is 5.59. The van der Waals surface area contributed by atoms with E-state index in [0.29, 0.717) is 38.2 Å². The molecule has 45 heavy (non-hydrogen) atoms. The van der Waals surface area contributed by atoms with E-state index in [1.807, 2.05) is 30.9 Å². The van der Waals surface area contributed by atoms with Gasteiger partial charge in [0.15, 0.2) is 0 Å². The van der Waals surface area contributed by atoms with Crippen molar-refractivity contribution in [3.8, 4) is 5.75 Å². The lowest BCUT2D eigenvalue weighted by atomic mass is 9.83. The van der Waals surface area contributed by atoms with Crippen molar-refractivity contribution in [2.75, 3.05) is 38.0 Å². The molecule has 4 amide bonds. The van der Waals surface area contributed by atoms with E-state index < -0.39 is 11.9 Å². The molecule has 10 nitrogen and oxygen atoms in total. The van der Waals surface area contributed by atoms with E-state index in [4.69, 9.17) is 4.74 Å². The van der Waals surface area contributed by atoms with Crippen LogP contribution in [0.15, 0.2) is 36.4 Å². The average Bonchev–Trinajstić information content (AvgIpc) is 3.49. The minimum Gasteiger partial charge on any atom is -0.488 e. The number of hydrogen-bond acceptors (Lipinski definition) is 5. The Morgan fingerprint density at radius 2 is 1.64 bits per heavy atom. The van der Waals surface area contributed by atoms with Crippen LogP contribution in [0.4, 0.5) is 14.9 Å². The number of rotatable bonds is 7. The maximum absolute atomic E-state index is 14.3. The third-order valence-electron chi connectivity index (χ3n) is 9.21. The van der Waals surface area contributed by atoms with E-state index in [1.54, 1.807) is 11.0 Å². The molecule has 11 heteroatoms. The van der Waals surface area contributed by atoms with Gasteiger partial charge in [-0.25, -0.2) is 9.18 Å².